The molecular formula is C13H21NO4. The lowest BCUT2D eigenvalue weighted by Crippen LogP contribution is -2.59. The molecule has 2 heterocycles. The van der Waals surface area contributed by atoms with E-state index in [4.69, 9.17) is 9.84 Å². The number of fused-ring (bicyclic) bond motifs is 2. The number of hydrogen-bond donors (Lipinski definition) is 1. The summed E-state index contributed by atoms with van der Waals surface area (Å²) in [5.74, 6) is -0.223. The molecule has 1 amide bonds. The number of piperidine rings is 2. The minimum atomic E-state index is -0.783. The SMILES string of the molecule is CC(C)(C)OC(=O)N1CC(CC(=O)O)C2CC1C2. The van der Waals surface area contributed by atoms with Crippen LogP contribution in [0.3, 0.4) is 0 Å². The van der Waals surface area contributed by atoms with Gasteiger partial charge in [-0.15, -0.1) is 0 Å². The summed E-state index contributed by atoms with van der Waals surface area (Å²) in [4.78, 5) is 24.6. The van der Waals surface area contributed by atoms with Gasteiger partial charge in [0.2, 0.25) is 0 Å². The monoisotopic (exact) mass is 255 g/mol. The van der Waals surface area contributed by atoms with Gasteiger partial charge in [-0.3, -0.25) is 4.79 Å². The summed E-state index contributed by atoms with van der Waals surface area (Å²) in [6.45, 7) is 6.05. The van der Waals surface area contributed by atoms with E-state index in [1.165, 1.54) is 0 Å². The summed E-state index contributed by atoms with van der Waals surface area (Å²) in [7, 11) is 0. The second-order valence-corrected chi connectivity index (χ2v) is 6.38. The van der Waals surface area contributed by atoms with Gasteiger partial charge in [-0.25, -0.2) is 4.79 Å². The Kier molecular flexibility index (Phi) is 3.25. The summed E-state index contributed by atoms with van der Waals surface area (Å²) >= 11 is 0. The minimum Gasteiger partial charge on any atom is -0.481 e. The highest BCUT2D eigenvalue weighted by Crippen LogP contribution is 2.44. The predicted molar refractivity (Wildman–Crippen MR) is 65.2 cm³/mol. The first-order chi connectivity index (χ1) is 8.26. The Morgan fingerprint density at radius 2 is 1.94 bits per heavy atom. The number of hydrogen-bond acceptors (Lipinski definition) is 3. The third-order valence-electron chi connectivity index (χ3n) is 3.75. The second kappa shape index (κ2) is 4.44. The van der Waals surface area contributed by atoms with Crippen molar-refractivity contribution < 1.29 is 19.4 Å². The van der Waals surface area contributed by atoms with Gasteiger partial charge in [-0.05, 0) is 45.4 Å². The largest absolute Gasteiger partial charge is 0.481 e. The molecular weight excluding hydrogens is 234 g/mol. The Labute approximate surface area is 107 Å². The van der Waals surface area contributed by atoms with Crippen LogP contribution in [0.25, 0.3) is 0 Å². The first-order valence-corrected chi connectivity index (χ1v) is 6.47. The van der Waals surface area contributed by atoms with Gasteiger partial charge in [0, 0.05) is 12.6 Å². The molecule has 5 nitrogen and oxygen atoms in total. The molecule has 1 saturated carbocycles. The number of aliphatic carboxylic acids is 1. The molecule has 0 radical (unpaired) electrons. The lowest BCUT2D eigenvalue weighted by molar-refractivity contribution is -0.141. The minimum absolute atomic E-state index is 0.0834. The third kappa shape index (κ3) is 2.76. The average molecular weight is 255 g/mol. The van der Waals surface area contributed by atoms with Gasteiger partial charge in [-0.2, -0.15) is 0 Å². The van der Waals surface area contributed by atoms with Crippen molar-refractivity contribution in [3.63, 3.8) is 0 Å². The van der Waals surface area contributed by atoms with Crippen LogP contribution < -0.4 is 0 Å². The molecule has 1 unspecified atom stereocenters. The molecule has 18 heavy (non-hydrogen) atoms. The Morgan fingerprint density at radius 1 is 1.33 bits per heavy atom. The van der Waals surface area contributed by atoms with Crippen LogP contribution in [0.5, 0.6) is 0 Å². The molecule has 5 heteroatoms. The van der Waals surface area contributed by atoms with Crippen molar-refractivity contribution in [2.45, 2.75) is 51.7 Å². The molecule has 2 bridgehead atoms. The van der Waals surface area contributed by atoms with E-state index in [-0.39, 0.29) is 24.5 Å². The Balaban J connectivity index is 1.97. The fourth-order valence-corrected chi connectivity index (χ4v) is 2.82. The molecule has 102 valence electrons. The van der Waals surface area contributed by atoms with Crippen molar-refractivity contribution in [1.82, 2.24) is 4.90 Å². The van der Waals surface area contributed by atoms with Gasteiger partial charge in [0.1, 0.15) is 5.60 Å². The van der Waals surface area contributed by atoms with E-state index in [2.05, 4.69) is 0 Å². The summed E-state index contributed by atoms with van der Waals surface area (Å²) < 4.78 is 5.37. The first-order valence-electron chi connectivity index (χ1n) is 6.47. The highest BCUT2D eigenvalue weighted by Gasteiger charge is 2.47. The summed E-state index contributed by atoms with van der Waals surface area (Å²) in [6, 6.07) is 0.259. The van der Waals surface area contributed by atoms with Crippen molar-refractivity contribution in [2.24, 2.45) is 11.8 Å². The maximum absolute atomic E-state index is 12.0. The fraction of sp³-hybridized carbons (Fsp3) is 0.846. The number of amides is 1. The van der Waals surface area contributed by atoms with Crippen molar-refractivity contribution in [3.8, 4) is 0 Å². The Morgan fingerprint density at radius 3 is 2.44 bits per heavy atom. The zero-order chi connectivity index (χ0) is 13.5. The van der Waals surface area contributed by atoms with Crippen molar-refractivity contribution in [1.29, 1.82) is 0 Å². The van der Waals surface area contributed by atoms with E-state index in [1.807, 2.05) is 20.8 Å². The van der Waals surface area contributed by atoms with Gasteiger partial charge >= 0.3 is 12.1 Å². The zero-order valence-corrected chi connectivity index (χ0v) is 11.2. The van der Waals surface area contributed by atoms with Gasteiger partial charge in [0.25, 0.3) is 0 Å². The third-order valence-corrected chi connectivity index (χ3v) is 3.75. The first kappa shape index (κ1) is 13.2. The number of nitrogens with zero attached hydrogens (tertiary/aromatic N) is 1. The molecule has 3 aliphatic rings. The number of carbonyl (C=O) groups excluding carboxylic acids is 1. The van der Waals surface area contributed by atoms with Gasteiger partial charge in [-0.1, -0.05) is 0 Å². The van der Waals surface area contributed by atoms with E-state index < -0.39 is 11.6 Å². The molecule has 0 aromatic carbocycles. The second-order valence-electron chi connectivity index (χ2n) is 6.38. The van der Waals surface area contributed by atoms with E-state index in [1.54, 1.807) is 4.90 Å². The van der Waals surface area contributed by atoms with Crippen LogP contribution in [-0.4, -0.2) is 40.3 Å². The summed E-state index contributed by atoms with van der Waals surface area (Å²) in [5, 5.41) is 8.88. The maximum Gasteiger partial charge on any atom is 0.410 e. The number of ether oxygens (including phenoxy) is 1. The topological polar surface area (TPSA) is 66.8 Å². The maximum atomic E-state index is 12.0. The molecule has 0 aromatic rings. The number of rotatable bonds is 2. The normalized spacial score (nSPS) is 30.6. The number of carboxylic acid groups (broad SMARTS) is 1. The van der Waals surface area contributed by atoms with E-state index in [9.17, 15) is 9.59 Å². The van der Waals surface area contributed by atoms with E-state index in [0.29, 0.717) is 12.5 Å². The summed E-state index contributed by atoms with van der Waals surface area (Å²) in [5.41, 5.74) is -0.500. The number of carboxylic acids is 1. The molecule has 3 rings (SSSR count). The summed E-state index contributed by atoms with van der Waals surface area (Å²) in [6.07, 6.45) is 1.70. The molecule has 1 atom stereocenters. The smallest absolute Gasteiger partial charge is 0.410 e. The molecule has 2 aliphatic heterocycles. The van der Waals surface area contributed by atoms with Crippen molar-refractivity contribution in [2.75, 3.05) is 6.54 Å². The fourth-order valence-electron chi connectivity index (χ4n) is 2.82. The van der Waals surface area contributed by atoms with Crippen LogP contribution in [0, 0.1) is 11.8 Å². The number of carbonyl (C=O) groups is 2. The van der Waals surface area contributed by atoms with E-state index >= 15 is 0 Å². The Bertz CT molecular complexity index is 354. The predicted octanol–water partition coefficient (Wildman–Crippen LogP) is 2.11. The van der Waals surface area contributed by atoms with Crippen LogP contribution in [0.2, 0.25) is 0 Å². The zero-order valence-electron chi connectivity index (χ0n) is 11.2. The lowest BCUT2D eigenvalue weighted by Gasteiger charge is -2.52. The van der Waals surface area contributed by atoms with Crippen LogP contribution >= 0.6 is 0 Å². The van der Waals surface area contributed by atoms with Gasteiger partial charge < -0.3 is 14.7 Å². The average Bonchev–Trinajstić information content (AvgIpc) is 2.11. The molecule has 1 aliphatic carbocycles. The highest BCUT2D eigenvalue weighted by molar-refractivity contribution is 5.70. The van der Waals surface area contributed by atoms with E-state index in [0.717, 1.165) is 12.8 Å². The van der Waals surface area contributed by atoms with Gasteiger partial charge in [0.15, 0.2) is 0 Å². The Hall–Kier alpha value is -1.26. The molecule has 3 fully saturated rings. The van der Waals surface area contributed by atoms with Crippen molar-refractivity contribution >= 4 is 12.1 Å². The van der Waals surface area contributed by atoms with Crippen LogP contribution in [0.4, 0.5) is 4.79 Å². The standard InChI is InChI=1S/C13H21NO4/c1-13(2,3)18-12(17)14-7-9(6-11(15)16)8-4-10(14)5-8/h8-10H,4-7H2,1-3H3,(H,15,16). The van der Waals surface area contributed by atoms with Crippen LogP contribution in [0.15, 0.2) is 0 Å². The molecule has 0 aromatic heterocycles. The van der Waals surface area contributed by atoms with Crippen LogP contribution in [0.1, 0.15) is 40.0 Å². The lowest BCUT2D eigenvalue weighted by atomic mass is 9.66. The molecule has 2 saturated heterocycles. The highest BCUT2D eigenvalue weighted by atomic mass is 16.6. The molecule has 0 spiro atoms. The van der Waals surface area contributed by atoms with Gasteiger partial charge in [0.05, 0.1) is 6.42 Å². The molecule has 1 N–H and O–H groups in total. The quantitative estimate of drug-likeness (QED) is 0.820. The van der Waals surface area contributed by atoms with Crippen LogP contribution in [-0.2, 0) is 9.53 Å². The van der Waals surface area contributed by atoms with Crippen molar-refractivity contribution in [3.05, 3.63) is 0 Å².